The van der Waals surface area contributed by atoms with Crippen LogP contribution in [0.1, 0.15) is 29.8 Å². The summed E-state index contributed by atoms with van der Waals surface area (Å²) in [6, 6.07) is -0.323. The number of amides is 1. The van der Waals surface area contributed by atoms with E-state index in [0.717, 1.165) is 0 Å². The van der Waals surface area contributed by atoms with Gasteiger partial charge in [-0.15, -0.1) is 5.10 Å². The highest BCUT2D eigenvalue weighted by Gasteiger charge is 2.29. The molecule has 2 rings (SSSR count). The minimum atomic E-state index is -2.99. The van der Waals surface area contributed by atoms with Crippen molar-refractivity contribution in [3.05, 3.63) is 11.6 Å². The molecule has 1 atom stereocenters. The molecule has 1 aromatic rings. The van der Waals surface area contributed by atoms with Gasteiger partial charge in [0.05, 0.1) is 11.5 Å². The quantitative estimate of drug-likeness (QED) is 0.744. The van der Waals surface area contributed by atoms with E-state index in [4.69, 9.17) is 0 Å². The Bertz CT molecular complexity index is 522. The number of carbonyl (C=O) groups is 1. The monoisotopic (exact) mass is 258 g/mol. The van der Waals surface area contributed by atoms with Crippen molar-refractivity contribution in [2.45, 2.75) is 25.8 Å². The molecule has 2 heterocycles. The summed E-state index contributed by atoms with van der Waals surface area (Å²) < 4.78 is 22.4. The smallest absolute Gasteiger partial charge is 0.291 e. The van der Waals surface area contributed by atoms with E-state index in [0.29, 0.717) is 18.7 Å². The highest BCUT2D eigenvalue weighted by molar-refractivity contribution is 7.91. The van der Waals surface area contributed by atoms with Crippen LogP contribution < -0.4 is 5.32 Å². The molecule has 1 aliphatic heterocycles. The average Bonchev–Trinajstić information content (AvgIpc) is 2.85. The van der Waals surface area contributed by atoms with Crippen molar-refractivity contribution >= 4 is 15.7 Å². The SMILES string of the molecule is CCc1nc(C(=O)NC2CCS(=O)(=O)C2)n[nH]1. The van der Waals surface area contributed by atoms with Gasteiger partial charge in [-0.1, -0.05) is 6.92 Å². The van der Waals surface area contributed by atoms with Crippen LogP contribution in [0, 0.1) is 0 Å². The lowest BCUT2D eigenvalue weighted by atomic mass is 10.2. The van der Waals surface area contributed by atoms with Crippen LogP contribution in [0.25, 0.3) is 0 Å². The fraction of sp³-hybridized carbons (Fsp3) is 0.667. The molecule has 7 nitrogen and oxygen atoms in total. The number of aromatic amines is 1. The lowest BCUT2D eigenvalue weighted by molar-refractivity contribution is 0.0931. The summed E-state index contributed by atoms with van der Waals surface area (Å²) in [5, 5.41) is 9.03. The fourth-order valence-corrected chi connectivity index (χ4v) is 3.39. The van der Waals surface area contributed by atoms with Gasteiger partial charge in [0.1, 0.15) is 5.82 Å². The van der Waals surface area contributed by atoms with Gasteiger partial charge in [-0.25, -0.2) is 13.4 Å². The van der Waals surface area contributed by atoms with E-state index in [-0.39, 0.29) is 23.4 Å². The number of rotatable bonds is 3. The summed E-state index contributed by atoms with van der Waals surface area (Å²) in [5.41, 5.74) is 0. The number of nitrogens with one attached hydrogen (secondary N) is 2. The number of sulfone groups is 1. The molecular weight excluding hydrogens is 244 g/mol. The summed E-state index contributed by atoms with van der Waals surface area (Å²) in [4.78, 5) is 15.7. The van der Waals surface area contributed by atoms with E-state index in [1.165, 1.54) is 0 Å². The zero-order chi connectivity index (χ0) is 12.5. The molecule has 1 unspecified atom stereocenters. The van der Waals surface area contributed by atoms with Crippen molar-refractivity contribution < 1.29 is 13.2 Å². The fourth-order valence-electron chi connectivity index (χ4n) is 1.71. The summed E-state index contributed by atoms with van der Waals surface area (Å²) in [6.07, 6.45) is 1.12. The molecule has 0 bridgehead atoms. The van der Waals surface area contributed by atoms with E-state index >= 15 is 0 Å². The lowest BCUT2D eigenvalue weighted by Crippen LogP contribution is -2.36. The van der Waals surface area contributed by atoms with E-state index in [1.54, 1.807) is 0 Å². The number of aryl methyl sites for hydroxylation is 1. The largest absolute Gasteiger partial charge is 0.345 e. The molecule has 1 aromatic heterocycles. The van der Waals surface area contributed by atoms with Crippen LogP contribution in [0.5, 0.6) is 0 Å². The summed E-state index contributed by atoms with van der Waals surface area (Å²) >= 11 is 0. The van der Waals surface area contributed by atoms with Gasteiger partial charge in [0.15, 0.2) is 9.84 Å². The van der Waals surface area contributed by atoms with Crippen LogP contribution in [0.2, 0.25) is 0 Å². The molecular formula is C9H14N4O3S. The Morgan fingerprint density at radius 2 is 2.35 bits per heavy atom. The Morgan fingerprint density at radius 3 is 2.88 bits per heavy atom. The van der Waals surface area contributed by atoms with Crippen LogP contribution in [0.15, 0.2) is 0 Å². The normalized spacial score (nSPS) is 22.5. The molecule has 1 aliphatic rings. The molecule has 1 saturated heterocycles. The van der Waals surface area contributed by atoms with E-state index in [1.807, 2.05) is 6.92 Å². The van der Waals surface area contributed by atoms with Gasteiger partial charge in [0.2, 0.25) is 5.82 Å². The number of carbonyl (C=O) groups excluding carboxylic acids is 1. The first-order valence-electron chi connectivity index (χ1n) is 5.43. The van der Waals surface area contributed by atoms with E-state index < -0.39 is 15.7 Å². The minimum Gasteiger partial charge on any atom is -0.345 e. The van der Waals surface area contributed by atoms with Gasteiger partial charge in [-0.2, -0.15) is 0 Å². The lowest BCUT2D eigenvalue weighted by Gasteiger charge is -2.07. The number of nitrogens with zero attached hydrogens (tertiary/aromatic N) is 2. The Balaban J connectivity index is 1.98. The highest BCUT2D eigenvalue weighted by Crippen LogP contribution is 2.11. The van der Waals surface area contributed by atoms with Gasteiger partial charge >= 0.3 is 0 Å². The first-order chi connectivity index (χ1) is 8.00. The molecule has 8 heteroatoms. The Labute approximate surface area is 98.9 Å². The summed E-state index contributed by atoms with van der Waals surface area (Å²) in [6.45, 7) is 1.89. The van der Waals surface area contributed by atoms with Crippen LogP contribution in [-0.2, 0) is 16.3 Å². The second-order valence-electron chi connectivity index (χ2n) is 4.03. The third-order valence-corrected chi connectivity index (χ3v) is 4.41. The second-order valence-corrected chi connectivity index (χ2v) is 6.26. The maximum atomic E-state index is 11.7. The summed E-state index contributed by atoms with van der Waals surface area (Å²) in [5.74, 6) is 0.402. The predicted octanol–water partition coefficient (Wildman–Crippen LogP) is -0.716. The molecule has 0 aliphatic carbocycles. The van der Waals surface area contributed by atoms with Crippen LogP contribution in [-0.4, -0.2) is 47.1 Å². The van der Waals surface area contributed by atoms with E-state index in [9.17, 15) is 13.2 Å². The predicted molar refractivity (Wildman–Crippen MR) is 60.3 cm³/mol. The minimum absolute atomic E-state index is 0.00377. The molecule has 94 valence electrons. The third kappa shape index (κ3) is 2.82. The standard InChI is InChI=1S/C9H14N4O3S/c1-2-7-11-8(13-12-7)9(14)10-6-3-4-17(15,16)5-6/h6H,2-5H2,1H3,(H,10,14)(H,11,12,13). The molecule has 1 fully saturated rings. The first-order valence-corrected chi connectivity index (χ1v) is 7.25. The number of hydrogen-bond donors (Lipinski definition) is 2. The van der Waals surface area contributed by atoms with Crippen LogP contribution in [0.3, 0.4) is 0 Å². The van der Waals surface area contributed by atoms with Crippen molar-refractivity contribution in [1.29, 1.82) is 0 Å². The molecule has 0 radical (unpaired) electrons. The maximum absolute atomic E-state index is 11.7. The van der Waals surface area contributed by atoms with Crippen molar-refractivity contribution in [3.8, 4) is 0 Å². The van der Waals surface area contributed by atoms with Crippen LogP contribution in [0.4, 0.5) is 0 Å². The Kier molecular flexibility index (Phi) is 3.14. The Hall–Kier alpha value is -1.44. The van der Waals surface area contributed by atoms with Crippen molar-refractivity contribution in [2.75, 3.05) is 11.5 Å². The number of H-pyrrole nitrogens is 1. The number of hydrogen-bond acceptors (Lipinski definition) is 5. The third-order valence-electron chi connectivity index (χ3n) is 2.64. The van der Waals surface area contributed by atoms with Gasteiger partial charge in [-0.3, -0.25) is 9.89 Å². The zero-order valence-electron chi connectivity index (χ0n) is 9.43. The summed E-state index contributed by atoms with van der Waals surface area (Å²) in [7, 11) is -2.99. The van der Waals surface area contributed by atoms with Gasteiger partial charge in [0.25, 0.3) is 5.91 Å². The average molecular weight is 258 g/mol. The van der Waals surface area contributed by atoms with Gasteiger partial charge < -0.3 is 5.32 Å². The highest BCUT2D eigenvalue weighted by atomic mass is 32.2. The van der Waals surface area contributed by atoms with Crippen molar-refractivity contribution in [3.63, 3.8) is 0 Å². The number of aromatic nitrogens is 3. The Morgan fingerprint density at radius 1 is 1.59 bits per heavy atom. The van der Waals surface area contributed by atoms with Crippen molar-refractivity contribution in [2.24, 2.45) is 0 Å². The zero-order valence-corrected chi connectivity index (χ0v) is 10.2. The first kappa shape index (κ1) is 12.0. The molecule has 0 saturated carbocycles. The topological polar surface area (TPSA) is 105 Å². The van der Waals surface area contributed by atoms with Gasteiger partial charge in [-0.05, 0) is 6.42 Å². The van der Waals surface area contributed by atoms with Gasteiger partial charge in [0, 0.05) is 12.5 Å². The molecule has 1 amide bonds. The van der Waals surface area contributed by atoms with Crippen molar-refractivity contribution in [1.82, 2.24) is 20.5 Å². The van der Waals surface area contributed by atoms with E-state index in [2.05, 4.69) is 20.5 Å². The molecule has 0 aromatic carbocycles. The maximum Gasteiger partial charge on any atom is 0.291 e. The second kappa shape index (κ2) is 4.44. The molecule has 2 N–H and O–H groups in total. The molecule has 17 heavy (non-hydrogen) atoms. The van der Waals surface area contributed by atoms with Crippen LogP contribution >= 0.6 is 0 Å². The molecule has 0 spiro atoms.